The zero-order chi connectivity index (χ0) is 29.4. The number of aryl methyl sites for hydroxylation is 2. The fourth-order valence-corrected chi connectivity index (χ4v) is 6.04. The molecule has 0 spiro atoms. The average molecular weight is 585 g/mol. The van der Waals surface area contributed by atoms with Crippen LogP contribution in [0.5, 0.6) is 5.75 Å². The summed E-state index contributed by atoms with van der Waals surface area (Å²) in [6.07, 6.45) is 6.80. The molecule has 2 aromatic heterocycles. The van der Waals surface area contributed by atoms with E-state index in [1.54, 1.807) is 19.2 Å². The second kappa shape index (κ2) is 11.6. The van der Waals surface area contributed by atoms with E-state index in [9.17, 15) is 9.59 Å². The second-order valence-electron chi connectivity index (χ2n) is 11.0. The maximum absolute atomic E-state index is 13.3. The third-order valence-electron chi connectivity index (χ3n) is 8.22. The Morgan fingerprint density at radius 2 is 1.90 bits per heavy atom. The molecule has 2 N–H and O–H groups in total. The van der Waals surface area contributed by atoms with Crippen molar-refractivity contribution in [3.63, 3.8) is 0 Å². The Hall–Kier alpha value is -4.21. The average Bonchev–Trinajstić information content (AvgIpc) is 3.44. The highest BCUT2D eigenvalue weighted by Crippen LogP contribution is 2.33. The molecule has 216 valence electrons. The number of ether oxygens (including phenoxy) is 1. The zero-order valence-corrected chi connectivity index (χ0v) is 24.7. The summed E-state index contributed by atoms with van der Waals surface area (Å²) in [5.41, 5.74) is 5.27. The fraction of sp³-hybridized carbons (Fsp3) is 0.312. The molecule has 2 aliphatic heterocycles. The Kier molecular flexibility index (Phi) is 7.70. The van der Waals surface area contributed by atoms with E-state index in [4.69, 9.17) is 21.3 Å². The molecule has 9 nitrogen and oxygen atoms in total. The van der Waals surface area contributed by atoms with Crippen LogP contribution in [0.3, 0.4) is 0 Å². The SMILES string of the molecule is COc1cc(C(=O)C2CCN(C)CC2)ccc1Nc1ncc2c(n1)-n1ccc(C(=O)Nc3c(C)cccc3Cl)c1CC2. The van der Waals surface area contributed by atoms with Crippen LogP contribution in [0.25, 0.3) is 5.82 Å². The predicted octanol–water partition coefficient (Wildman–Crippen LogP) is 5.86. The lowest BCUT2D eigenvalue weighted by atomic mass is 9.89. The third kappa shape index (κ3) is 5.37. The first-order chi connectivity index (χ1) is 20.3. The van der Waals surface area contributed by atoms with Crippen molar-refractivity contribution >= 4 is 40.6 Å². The van der Waals surface area contributed by atoms with E-state index in [-0.39, 0.29) is 17.6 Å². The van der Waals surface area contributed by atoms with Crippen molar-refractivity contribution in [2.45, 2.75) is 32.6 Å². The first-order valence-corrected chi connectivity index (χ1v) is 14.5. The number of para-hydroxylation sites is 1. The minimum absolute atomic E-state index is 0.0325. The molecule has 1 amide bonds. The van der Waals surface area contributed by atoms with Crippen molar-refractivity contribution in [2.75, 3.05) is 37.9 Å². The van der Waals surface area contributed by atoms with Crippen LogP contribution >= 0.6 is 11.6 Å². The van der Waals surface area contributed by atoms with Crippen LogP contribution in [-0.4, -0.2) is 58.4 Å². The van der Waals surface area contributed by atoms with Crippen LogP contribution in [0.2, 0.25) is 5.02 Å². The Balaban J connectivity index is 1.23. The lowest BCUT2D eigenvalue weighted by molar-refractivity contribution is 0.0856. The molecule has 10 heteroatoms. The quantitative estimate of drug-likeness (QED) is 0.262. The highest BCUT2D eigenvalue weighted by molar-refractivity contribution is 6.34. The molecule has 0 unspecified atom stereocenters. The first kappa shape index (κ1) is 27.9. The third-order valence-corrected chi connectivity index (χ3v) is 8.53. The van der Waals surface area contributed by atoms with Gasteiger partial charge in [-0.2, -0.15) is 4.98 Å². The molecule has 1 saturated heterocycles. The van der Waals surface area contributed by atoms with E-state index >= 15 is 0 Å². The van der Waals surface area contributed by atoms with Crippen molar-refractivity contribution < 1.29 is 14.3 Å². The number of amides is 1. The summed E-state index contributed by atoms with van der Waals surface area (Å²) in [5, 5.41) is 6.74. The van der Waals surface area contributed by atoms with Crippen molar-refractivity contribution in [1.29, 1.82) is 0 Å². The van der Waals surface area contributed by atoms with Gasteiger partial charge in [-0.1, -0.05) is 23.7 Å². The molecule has 6 rings (SSSR count). The number of hydrogen-bond acceptors (Lipinski definition) is 7. The van der Waals surface area contributed by atoms with Crippen molar-refractivity contribution in [2.24, 2.45) is 5.92 Å². The van der Waals surface area contributed by atoms with Gasteiger partial charge in [-0.15, -0.1) is 0 Å². The number of halogens is 1. The maximum atomic E-state index is 13.3. The van der Waals surface area contributed by atoms with Gasteiger partial charge in [-0.3, -0.25) is 9.59 Å². The fourth-order valence-electron chi connectivity index (χ4n) is 5.77. The molecule has 0 saturated carbocycles. The number of benzene rings is 2. The Morgan fingerprint density at radius 1 is 1.10 bits per heavy atom. The summed E-state index contributed by atoms with van der Waals surface area (Å²) in [6, 6.07) is 12.8. The van der Waals surface area contributed by atoms with Gasteiger partial charge in [0.05, 0.1) is 29.1 Å². The van der Waals surface area contributed by atoms with Gasteiger partial charge in [-0.25, -0.2) is 4.98 Å². The van der Waals surface area contributed by atoms with Crippen LogP contribution in [0.1, 0.15) is 50.4 Å². The number of Topliss-reactive ketones (excluding diaryl/α,β-unsaturated/α-hetero) is 1. The van der Waals surface area contributed by atoms with Crippen molar-refractivity contribution in [3.05, 3.63) is 87.8 Å². The van der Waals surface area contributed by atoms with E-state index in [2.05, 4.69) is 27.6 Å². The number of likely N-dealkylation sites (tertiary alicyclic amines) is 1. The molecule has 0 atom stereocenters. The minimum atomic E-state index is -0.213. The standard InChI is InChI=1S/C32H33ClN6O3/c1-19-5-4-6-24(33)28(19)36-31(41)23-13-16-39-26(23)10-8-22-18-34-32(37-30(22)39)35-25-9-7-21(17-27(25)42-3)29(40)20-11-14-38(2)15-12-20/h4-7,9,13,16-18,20H,8,10-12,14-15H2,1-3H3,(H,36,41)(H,34,35,37). The highest BCUT2D eigenvalue weighted by atomic mass is 35.5. The molecule has 0 aliphatic carbocycles. The number of fused-ring (bicyclic) bond motifs is 3. The van der Waals surface area contributed by atoms with Gasteiger partial charge in [0, 0.05) is 35.1 Å². The summed E-state index contributed by atoms with van der Waals surface area (Å²) in [6.45, 7) is 3.77. The highest BCUT2D eigenvalue weighted by Gasteiger charge is 2.26. The Labute approximate surface area is 249 Å². The molecule has 42 heavy (non-hydrogen) atoms. The molecule has 1 fully saturated rings. The molecule has 4 heterocycles. The monoisotopic (exact) mass is 584 g/mol. The van der Waals surface area contributed by atoms with Gasteiger partial charge in [-0.05, 0) is 88.6 Å². The Morgan fingerprint density at radius 3 is 2.67 bits per heavy atom. The molecule has 0 radical (unpaired) electrons. The van der Waals surface area contributed by atoms with E-state index in [0.717, 1.165) is 48.6 Å². The zero-order valence-electron chi connectivity index (χ0n) is 23.9. The topological polar surface area (TPSA) is 101 Å². The summed E-state index contributed by atoms with van der Waals surface area (Å²) in [4.78, 5) is 38.0. The smallest absolute Gasteiger partial charge is 0.257 e. The summed E-state index contributed by atoms with van der Waals surface area (Å²) in [7, 11) is 3.67. The van der Waals surface area contributed by atoms with Gasteiger partial charge in [0.1, 0.15) is 11.6 Å². The maximum Gasteiger partial charge on any atom is 0.257 e. The van der Waals surface area contributed by atoms with Gasteiger partial charge in [0.15, 0.2) is 5.78 Å². The first-order valence-electron chi connectivity index (χ1n) is 14.1. The van der Waals surface area contributed by atoms with Crippen LogP contribution in [0, 0.1) is 12.8 Å². The van der Waals surface area contributed by atoms with E-state index in [1.165, 1.54) is 0 Å². The molecule has 2 aromatic carbocycles. The van der Waals surface area contributed by atoms with Crippen molar-refractivity contribution in [1.82, 2.24) is 19.4 Å². The minimum Gasteiger partial charge on any atom is -0.495 e. The van der Waals surface area contributed by atoms with Crippen LogP contribution in [-0.2, 0) is 12.8 Å². The van der Waals surface area contributed by atoms with Gasteiger partial charge in [0.2, 0.25) is 5.95 Å². The molecular weight excluding hydrogens is 552 g/mol. The number of nitrogens with zero attached hydrogens (tertiary/aromatic N) is 4. The molecule has 2 aliphatic rings. The van der Waals surface area contributed by atoms with Crippen LogP contribution in [0.4, 0.5) is 17.3 Å². The largest absolute Gasteiger partial charge is 0.495 e. The number of nitrogens with one attached hydrogen (secondary N) is 2. The summed E-state index contributed by atoms with van der Waals surface area (Å²) < 4.78 is 7.58. The number of piperidine rings is 1. The molecule has 0 bridgehead atoms. The van der Waals surface area contributed by atoms with Gasteiger partial charge >= 0.3 is 0 Å². The lowest BCUT2D eigenvalue weighted by Crippen LogP contribution is -2.33. The number of methoxy groups -OCH3 is 1. The lowest BCUT2D eigenvalue weighted by Gasteiger charge is -2.28. The number of rotatable bonds is 7. The normalized spacial score (nSPS) is 15.0. The number of ketones is 1. The number of anilines is 3. The second-order valence-corrected chi connectivity index (χ2v) is 11.4. The summed E-state index contributed by atoms with van der Waals surface area (Å²) >= 11 is 6.34. The molecular formula is C32H33ClN6O3. The predicted molar refractivity (Wildman–Crippen MR) is 164 cm³/mol. The van der Waals surface area contributed by atoms with Gasteiger partial charge in [0.25, 0.3) is 5.91 Å². The van der Waals surface area contributed by atoms with Crippen LogP contribution < -0.4 is 15.4 Å². The van der Waals surface area contributed by atoms with E-state index in [0.29, 0.717) is 52.1 Å². The van der Waals surface area contributed by atoms with Crippen LogP contribution in [0.15, 0.2) is 54.9 Å². The number of carbonyl (C=O) groups is 2. The number of hydrogen-bond donors (Lipinski definition) is 2. The number of aromatic nitrogens is 3. The Bertz CT molecular complexity index is 1650. The van der Waals surface area contributed by atoms with E-state index < -0.39 is 0 Å². The van der Waals surface area contributed by atoms with Crippen molar-refractivity contribution in [3.8, 4) is 11.6 Å². The van der Waals surface area contributed by atoms with E-state index in [1.807, 2.05) is 54.2 Å². The summed E-state index contributed by atoms with van der Waals surface area (Å²) in [5.74, 6) is 1.63. The number of carbonyl (C=O) groups excluding carboxylic acids is 2. The van der Waals surface area contributed by atoms with Gasteiger partial charge < -0.3 is 24.8 Å². The molecule has 4 aromatic rings.